The molecule has 0 aliphatic carbocycles. The van der Waals surface area contributed by atoms with Crippen LogP contribution >= 0.6 is 0 Å². The number of sulfonamides is 1. The average molecular weight is 573 g/mol. The molecular formula is C25H31F3N4O6S. The van der Waals surface area contributed by atoms with Crippen molar-refractivity contribution < 1.29 is 41.0 Å². The number of carbonyl (C=O) groups is 2. The van der Waals surface area contributed by atoms with Gasteiger partial charge >= 0.3 is 12.2 Å². The number of nitrogens with zero attached hydrogens (tertiary/aromatic N) is 2. The molecular weight excluding hydrogens is 541 g/mol. The Hall–Kier alpha value is -3.36. The molecule has 1 aliphatic heterocycles. The first-order chi connectivity index (χ1) is 18.1. The van der Waals surface area contributed by atoms with Gasteiger partial charge in [0, 0.05) is 30.9 Å². The maximum absolute atomic E-state index is 13.5. The van der Waals surface area contributed by atoms with Gasteiger partial charge in [0.1, 0.15) is 11.9 Å². The summed E-state index contributed by atoms with van der Waals surface area (Å²) in [4.78, 5) is 27.4. The Labute approximate surface area is 224 Å². The number of rotatable bonds is 7. The molecule has 3 N–H and O–H groups in total. The Bertz CT molecular complexity index is 1300. The number of likely N-dealkylation sites (N-methyl/N-ethyl adjacent to an activating group) is 1. The van der Waals surface area contributed by atoms with Crippen molar-refractivity contribution >= 4 is 33.3 Å². The lowest BCUT2D eigenvalue weighted by Crippen LogP contribution is -2.50. The summed E-state index contributed by atoms with van der Waals surface area (Å²) in [6.07, 6.45) is -4.06. The number of halogens is 3. The fourth-order valence-electron chi connectivity index (χ4n) is 3.94. The average Bonchev–Trinajstić information content (AvgIpc) is 2.85. The second-order valence-corrected chi connectivity index (χ2v) is 11.6. The van der Waals surface area contributed by atoms with Gasteiger partial charge in [0.05, 0.1) is 36.6 Å². The maximum atomic E-state index is 13.5. The number of anilines is 2. The molecule has 1 aliphatic rings. The van der Waals surface area contributed by atoms with Crippen LogP contribution in [-0.2, 0) is 16.2 Å². The number of hydrogen-bond acceptors (Lipinski definition) is 6. The van der Waals surface area contributed by atoms with Gasteiger partial charge in [0.25, 0.3) is 5.91 Å². The van der Waals surface area contributed by atoms with Crippen LogP contribution in [0.5, 0.6) is 5.75 Å². The number of aliphatic hydroxyl groups excluding tert-OH is 1. The van der Waals surface area contributed by atoms with Crippen LogP contribution in [0.2, 0.25) is 0 Å². The minimum atomic E-state index is -4.51. The summed E-state index contributed by atoms with van der Waals surface area (Å²) in [5.74, 6) is -0.588. The number of ether oxygens (including phenoxy) is 1. The van der Waals surface area contributed by atoms with Gasteiger partial charge in [-0.2, -0.15) is 13.2 Å². The number of nitrogens with one attached hydrogen (secondary N) is 2. The van der Waals surface area contributed by atoms with Crippen LogP contribution in [0.15, 0.2) is 42.5 Å². The predicted molar refractivity (Wildman–Crippen MR) is 139 cm³/mol. The van der Waals surface area contributed by atoms with E-state index in [4.69, 9.17) is 4.74 Å². The fraction of sp³-hybridized carbons (Fsp3) is 0.440. The van der Waals surface area contributed by atoms with Gasteiger partial charge in [-0.15, -0.1) is 0 Å². The molecule has 0 saturated carbocycles. The molecule has 0 unspecified atom stereocenters. The Morgan fingerprint density at radius 1 is 1.18 bits per heavy atom. The second-order valence-electron chi connectivity index (χ2n) is 9.53. The SMILES string of the molecule is C[C@H]1CN([C@@H](C)CO)C(=O)c2cc(NC(=O)Nc3ccc(C(F)(F)F)cc3)ccc2O[C@@H]1CN(C)S(C)(=O)=O. The lowest BCUT2D eigenvalue weighted by molar-refractivity contribution is -0.137. The predicted octanol–water partition coefficient (Wildman–Crippen LogP) is 3.46. The third-order valence-corrected chi connectivity index (χ3v) is 7.68. The van der Waals surface area contributed by atoms with Crippen molar-refractivity contribution in [3.05, 3.63) is 53.6 Å². The van der Waals surface area contributed by atoms with Gasteiger partial charge < -0.3 is 25.4 Å². The van der Waals surface area contributed by atoms with E-state index in [1.54, 1.807) is 6.92 Å². The van der Waals surface area contributed by atoms with E-state index in [1.807, 2.05) is 6.92 Å². The molecule has 2 aromatic carbocycles. The summed E-state index contributed by atoms with van der Waals surface area (Å²) in [6.45, 7) is 3.37. The van der Waals surface area contributed by atoms with E-state index >= 15 is 0 Å². The number of alkyl halides is 3. The molecule has 3 amide bonds. The summed E-state index contributed by atoms with van der Waals surface area (Å²) in [5.41, 5.74) is -0.446. The number of hydrogen-bond donors (Lipinski definition) is 3. The fourth-order valence-corrected chi connectivity index (χ4v) is 4.36. The molecule has 0 bridgehead atoms. The largest absolute Gasteiger partial charge is 0.488 e. The zero-order valence-electron chi connectivity index (χ0n) is 21.8. The smallest absolute Gasteiger partial charge is 0.416 e. The van der Waals surface area contributed by atoms with Gasteiger partial charge in [0.2, 0.25) is 10.0 Å². The van der Waals surface area contributed by atoms with Crippen molar-refractivity contribution in [2.24, 2.45) is 5.92 Å². The lowest BCUT2D eigenvalue weighted by Gasteiger charge is -2.38. The van der Waals surface area contributed by atoms with E-state index < -0.39 is 45.8 Å². The first-order valence-corrected chi connectivity index (χ1v) is 13.8. The van der Waals surface area contributed by atoms with Crippen LogP contribution < -0.4 is 15.4 Å². The minimum absolute atomic E-state index is 0.0184. The van der Waals surface area contributed by atoms with Crippen LogP contribution in [-0.4, -0.2) is 79.8 Å². The monoisotopic (exact) mass is 572 g/mol. The number of amides is 3. The van der Waals surface area contributed by atoms with Gasteiger partial charge in [-0.3, -0.25) is 4.79 Å². The first kappa shape index (κ1) is 30.2. The Kier molecular flexibility index (Phi) is 9.13. The number of fused-ring (bicyclic) bond motifs is 1. The summed E-state index contributed by atoms with van der Waals surface area (Å²) < 4.78 is 69.6. The second kappa shape index (κ2) is 11.8. The summed E-state index contributed by atoms with van der Waals surface area (Å²) >= 11 is 0. The lowest BCUT2D eigenvalue weighted by atomic mass is 9.99. The standard InChI is InChI=1S/C25H31F3N4O6S/c1-15-12-32(16(2)14-33)23(34)20-11-19(9-10-21(20)38-22(15)13-31(3)39(4,36)37)30-24(35)29-18-7-5-17(6-8-18)25(26,27)28/h5-11,15-16,22,33H,12-14H2,1-4H3,(H2,29,30,35)/t15-,16-,22+/m0/s1. The Morgan fingerprint density at radius 3 is 2.33 bits per heavy atom. The minimum Gasteiger partial charge on any atom is -0.488 e. The molecule has 10 nitrogen and oxygen atoms in total. The van der Waals surface area contributed by atoms with Crippen LogP contribution in [0.3, 0.4) is 0 Å². The van der Waals surface area contributed by atoms with E-state index in [9.17, 15) is 36.3 Å². The highest BCUT2D eigenvalue weighted by atomic mass is 32.2. The van der Waals surface area contributed by atoms with E-state index in [0.717, 1.165) is 34.8 Å². The van der Waals surface area contributed by atoms with E-state index in [0.29, 0.717) is 0 Å². The van der Waals surface area contributed by atoms with Crippen LogP contribution in [0.4, 0.5) is 29.3 Å². The van der Waals surface area contributed by atoms with Crippen molar-refractivity contribution in [2.45, 2.75) is 32.2 Å². The van der Waals surface area contributed by atoms with E-state index in [2.05, 4.69) is 10.6 Å². The topological polar surface area (TPSA) is 128 Å². The zero-order valence-corrected chi connectivity index (χ0v) is 22.6. The van der Waals surface area contributed by atoms with Gasteiger partial charge in [0.15, 0.2) is 0 Å². The van der Waals surface area contributed by atoms with E-state index in [1.165, 1.54) is 30.1 Å². The number of carbonyl (C=O) groups excluding carboxylic acids is 2. The zero-order chi connectivity index (χ0) is 29.1. The van der Waals surface area contributed by atoms with Crippen molar-refractivity contribution in [1.29, 1.82) is 0 Å². The molecule has 0 saturated heterocycles. The van der Waals surface area contributed by atoms with Gasteiger partial charge in [-0.1, -0.05) is 6.92 Å². The van der Waals surface area contributed by atoms with Crippen LogP contribution in [0.1, 0.15) is 29.8 Å². The van der Waals surface area contributed by atoms with Crippen molar-refractivity contribution in [3.8, 4) is 5.75 Å². The van der Waals surface area contributed by atoms with Gasteiger partial charge in [-0.05, 0) is 49.4 Å². The summed E-state index contributed by atoms with van der Waals surface area (Å²) in [7, 11) is -2.08. The molecule has 0 spiro atoms. The molecule has 14 heteroatoms. The van der Waals surface area contributed by atoms with Crippen molar-refractivity contribution in [2.75, 3.05) is 43.6 Å². The third kappa shape index (κ3) is 7.61. The normalized spacial score (nSPS) is 19.0. The number of urea groups is 1. The Balaban J connectivity index is 1.86. The van der Waals surface area contributed by atoms with Crippen LogP contribution in [0, 0.1) is 5.92 Å². The molecule has 1 heterocycles. The highest BCUT2D eigenvalue weighted by Gasteiger charge is 2.34. The maximum Gasteiger partial charge on any atom is 0.416 e. The van der Waals surface area contributed by atoms with Crippen molar-refractivity contribution in [1.82, 2.24) is 9.21 Å². The summed E-state index contributed by atoms with van der Waals surface area (Å²) in [5, 5.41) is 14.7. The quantitative estimate of drug-likeness (QED) is 0.466. The number of aliphatic hydroxyl groups is 1. The molecule has 39 heavy (non-hydrogen) atoms. The van der Waals surface area contributed by atoms with Crippen molar-refractivity contribution in [3.63, 3.8) is 0 Å². The molecule has 3 atom stereocenters. The highest BCUT2D eigenvalue weighted by molar-refractivity contribution is 7.88. The number of benzene rings is 2. The third-order valence-electron chi connectivity index (χ3n) is 6.40. The molecule has 0 radical (unpaired) electrons. The molecule has 0 fully saturated rings. The van der Waals surface area contributed by atoms with Crippen LogP contribution in [0.25, 0.3) is 0 Å². The van der Waals surface area contributed by atoms with Gasteiger partial charge in [-0.25, -0.2) is 17.5 Å². The molecule has 3 rings (SSSR count). The highest BCUT2D eigenvalue weighted by Crippen LogP contribution is 2.32. The van der Waals surface area contributed by atoms with E-state index in [-0.39, 0.29) is 48.3 Å². The molecule has 214 valence electrons. The summed E-state index contributed by atoms with van der Waals surface area (Å²) in [6, 6.07) is 6.92. The first-order valence-electron chi connectivity index (χ1n) is 12.0. The molecule has 0 aromatic heterocycles. The Morgan fingerprint density at radius 2 is 1.77 bits per heavy atom. The molecule has 2 aromatic rings.